The van der Waals surface area contributed by atoms with Gasteiger partial charge in [-0.05, 0) is 6.07 Å². The lowest BCUT2D eigenvalue weighted by molar-refractivity contribution is 0.349. The number of hydrogen-bond donors (Lipinski definition) is 2. The van der Waals surface area contributed by atoms with E-state index in [1.54, 1.807) is 26.4 Å². The Kier molecular flexibility index (Phi) is 4.20. The van der Waals surface area contributed by atoms with Crippen molar-refractivity contribution in [2.24, 2.45) is 11.5 Å². The Morgan fingerprint density at radius 3 is 2.47 bits per heavy atom. The number of halogens is 1. The number of hydrogen-bond acceptors (Lipinski definition) is 4. The largest absolute Gasteiger partial charge is 0.493 e. The molecule has 0 aliphatic rings. The van der Waals surface area contributed by atoms with Crippen molar-refractivity contribution >= 4 is 11.6 Å². The molecular weight excluding hydrogens is 216 g/mol. The minimum Gasteiger partial charge on any atom is -0.493 e. The van der Waals surface area contributed by atoms with Crippen LogP contribution >= 0.6 is 11.6 Å². The van der Waals surface area contributed by atoms with Crippen molar-refractivity contribution in [1.82, 2.24) is 0 Å². The van der Waals surface area contributed by atoms with Gasteiger partial charge >= 0.3 is 0 Å². The Labute approximate surface area is 94.1 Å². The zero-order valence-corrected chi connectivity index (χ0v) is 9.54. The van der Waals surface area contributed by atoms with Crippen molar-refractivity contribution in [3.8, 4) is 11.5 Å². The fraction of sp³-hybridized carbons (Fsp3) is 0.400. The summed E-state index contributed by atoms with van der Waals surface area (Å²) in [6.07, 6.45) is 0. The van der Waals surface area contributed by atoms with E-state index >= 15 is 0 Å². The predicted molar refractivity (Wildman–Crippen MR) is 60.5 cm³/mol. The first-order valence-corrected chi connectivity index (χ1v) is 4.88. The topological polar surface area (TPSA) is 70.5 Å². The van der Waals surface area contributed by atoms with Crippen LogP contribution in [0.15, 0.2) is 12.1 Å². The third-order valence-electron chi connectivity index (χ3n) is 2.13. The van der Waals surface area contributed by atoms with E-state index in [1.807, 2.05) is 0 Å². The standard InChI is InChI=1S/C10H15ClN2O2/c1-14-9-4-6(11)3-7(8(13)5-12)10(9)15-2/h3-4,8H,5,12-13H2,1-2H3/t8-/m0/s1. The molecule has 0 aliphatic heterocycles. The summed E-state index contributed by atoms with van der Waals surface area (Å²) in [7, 11) is 3.10. The van der Waals surface area contributed by atoms with E-state index in [4.69, 9.17) is 32.5 Å². The molecule has 0 saturated carbocycles. The van der Waals surface area contributed by atoms with E-state index in [-0.39, 0.29) is 6.04 Å². The summed E-state index contributed by atoms with van der Waals surface area (Å²) >= 11 is 5.93. The molecule has 84 valence electrons. The molecule has 5 heteroatoms. The highest BCUT2D eigenvalue weighted by Gasteiger charge is 2.16. The van der Waals surface area contributed by atoms with Gasteiger partial charge in [-0.3, -0.25) is 0 Å². The van der Waals surface area contributed by atoms with Crippen molar-refractivity contribution in [2.75, 3.05) is 20.8 Å². The van der Waals surface area contributed by atoms with Gasteiger partial charge in [0.05, 0.1) is 14.2 Å². The van der Waals surface area contributed by atoms with Crippen molar-refractivity contribution in [1.29, 1.82) is 0 Å². The molecule has 0 radical (unpaired) electrons. The molecule has 0 aromatic heterocycles. The first-order chi connectivity index (χ1) is 7.13. The molecule has 0 bridgehead atoms. The number of methoxy groups -OCH3 is 2. The third-order valence-corrected chi connectivity index (χ3v) is 2.34. The molecule has 1 aromatic rings. The van der Waals surface area contributed by atoms with E-state index in [0.717, 1.165) is 5.56 Å². The van der Waals surface area contributed by atoms with Gasteiger partial charge in [-0.2, -0.15) is 0 Å². The van der Waals surface area contributed by atoms with Gasteiger partial charge in [0, 0.05) is 29.2 Å². The normalized spacial score (nSPS) is 12.3. The average molecular weight is 231 g/mol. The van der Waals surface area contributed by atoms with E-state index in [1.165, 1.54) is 0 Å². The van der Waals surface area contributed by atoms with Gasteiger partial charge in [-0.25, -0.2) is 0 Å². The monoisotopic (exact) mass is 230 g/mol. The molecule has 4 nitrogen and oxygen atoms in total. The Hall–Kier alpha value is -0.970. The van der Waals surface area contributed by atoms with Crippen LogP contribution in [0.3, 0.4) is 0 Å². The van der Waals surface area contributed by atoms with E-state index in [9.17, 15) is 0 Å². The third kappa shape index (κ3) is 2.53. The number of benzene rings is 1. The molecular formula is C10H15ClN2O2. The second-order valence-corrected chi connectivity index (χ2v) is 3.51. The van der Waals surface area contributed by atoms with Gasteiger partial charge in [-0.15, -0.1) is 0 Å². The SMILES string of the molecule is COc1cc(Cl)cc([C@@H](N)CN)c1OC. The lowest BCUT2D eigenvalue weighted by Gasteiger charge is -2.17. The highest BCUT2D eigenvalue weighted by Crippen LogP contribution is 2.36. The Morgan fingerprint density at radius 2 is 2.00 bits per heavy atom. The van der Waals surface area contributed by atoms with E-state index in [0.29, 0.717) is 23.1 Å². The second-order valence-electron chi connectivity index (χ2n) is 3.07. The zero-order chi connectivity index (χ0) is 11.4. The minimum atomic E-state index is -0.312. The van der Waals surface area contributed by atoms with Crippen molar-refractivity contribution < 1.29 is 9.47 Å². The second kappa shape index (κ2) is 5.21. The van der Waals surface area contributed by atoms with Crippen LogP contribution < -0.4 is 20.9 Å². The van der Waals surface area contributed by atoms with Crippen LogP contribution in [0.5, 0.6) is 11.5 Å². The Balaban J connectivity index is 3.28. The van der Waals surface area contributed by atoms with Crippen LogP contribution in [0.4, 0.5) is 0 Å². The van der Waals surface area contributed by atoms with Crippen LogP contribution in [-0.4, -0.2) is 20.8 Å². The van der Waals surface area contributed by atoms with Gasteiger partial charge in [0.1, 0.15) is 0 Å². The van der Waals surface area contributed by atoms with Crippen LogP contribution in [0.25, 0.3) is 0 Å². The quantitative estimate of drug-likeness (QED) is 0.819. The maximum absolute atomic E-state index is 5.93. The highest BCUT2D eigenvalue weighted by atomic mass is 35.5. The summed E-state index contributed by atoms with van der Waals surface area (Å²) < 4.78 is 10.4. The van der Waals surface area contributed by atoms with Gasteiger partial charge in [0.15, 0.2) is 11.5 Å². The molecule has 0 fully saturated rings. The fourth-order valence-corrected chi connectivity index (χ4v) is 1.58. The Bertz CT molecular complexity index is 344. The van der Waals surface area contributed by atoms with E-state index in [2.05, 4.69) is 0 Å². The highest BCUT2D eigenvalue weighted by molar-refractivity contribution is 6.30. The molecule has 0 aliphatic carbocycles. The van der Waals surface area contributed by atoms with Crippen molar-refractivity contribution in [3.63, 3.8) is 0 Å². The average Bonchev–Trinajstić information content (AvgIpc) is 2.26. The van der Waals surface area contributed by atoms with Gasteiger partial charge in [0.2, 0.25) is 0 Å². The summed E-state index contributed by atoms with van der Waals surface area (Å²) in [5.74, 6) is 1.14. The lowest BCUT2D eigenvalue weighted by atomic mass is 10.1. The minimum absolute atomic E-state index is 0.312. The van der Waals surface area contributed by atoms with Crippen molar-refractivity contribution in [3.05, 3.63) is 22.7 Å². The molecule has 1 rings (SSSR count). The van der Waals surface area contributed by atoms with Crippen LogP contribution in [0.1, 0.15) is 11.6 Å². The summed E-state index contributed by atoms with van der Waals surface area (Å²) in [4.78, 5) is 0. The van der Waals surface area contributed by atoms with Gasteiger partial charge in [0.25, 0.3) is 0 Å². The summed E-state index contributed by atoms with van der Waals surface area (Å²) in [6.45, 7) is 0.319. The van der Waals surface area contributed by atoms with Crippen molar-refractivity contribution in [2.45, 2.75) is 6.04 Å². The number of rotatable bonds is 4. The van der Waals surface area contributed by atoms with Crippen LogP contribution in [0.2, 0.25) is 5.02 Å². The summed E-state index contributed by atoms with van der Waals surface area (Å²) in [6, 6.07) is 3.10. The lowest BCUT2D eigenvalue weighted by Crippen LogP contribution is -2.21. The molecule has 0 saturated heterocycles. The first-order valence-electron chi connectivity index (χ1n) is 4.51. The van der Waals surface area contributed by atoms with Gasteiger partial charge < -0.3 is 20.9 Å². The summed E-state index contributed by atoms with van der Waals surface area (Å²) in [5.41, 5.74) is 12.1. The number of nitrogens with two attached hydrogens (primary N) is 2. The number of ether oxygens (including phenoxy) is 2. The smallest absolute Gasteiger partial charge is 0.165 e. The summed E-state index contributed by atoms with van der Waals surface area (Å²) in [5, 5.41) is 0.548. The van der Waals surface area contributed by atoms with Gasteiger partial charge in [-0.1, -0.05) is 11.6 Å². The molecule has 1 atom stereocenters. The Morgan fingerprint density at radius 1 is 1.33 bits per heavy atom. The van der Waals surface area contributed by atoms with Crippen LogP contribution in [-0.2, 0) is 0 Å². The fourth-order valence-electron chi connectivity index (χ4n) is 1.36. The zero-order valence-electron chi connectivity index (χ0n) is 8.79. The molecule has 4 N–H and O–H groups in total. The van der Waals surface area contributed by atoms with Crippen LogP contribution in [0, 0.1) is 0 Å². The molecule has 0 unspecified atom stereocenters. The molecule has 0 spiro atoms. The maximum atomic E-state index is 5.93. The first kappa shape index (κ1) is 12.1. The van der Waals surface area contributed by atoms with E-state index < -0.39 is 0 Å². The molecule has 0 heterocycles. The molecule has 15 heavy (non-hydrogen) atoms. The maximum Gasteiger partial charge on any atom is 0.165 e. The predicted octanol–water partition coefficient (Wildman–Crippen LogP) is 1.32. The molecule has 0 amide bonds. The molecule has 1 aromatic carbocycles.